The topological polar surface area (TPSA) is 427 Å². The van der Waals surface area contributed by atoms with Gasteiger partial charge in [0.2, 0.25) is 35.4 Å². The summed E-state index contributed by atoms with van der Waals surface area (Å²) in [7, 11) is 1.76. The van der Waals surface area contributed by atoms with E-state index < -0.39 is 152 Å². The molecule has 4 aromatic carbocycles. The number of benzene rings is 4. The molecule has 4 aliphatic rings. The fraction of sp³-hybridized carbons (Fsp3) is 0.492. The van der Waals surface area contributed by atoms with Crippen LogP contribution in [0.1, 0.15) is 73.5 Å². The third-order valence-corrected chi connectivity index (χ3v) is 18.7. The molecule has 4 fully saturated rings. The number of piperidine rings is 1. The van der Waals surface area contributed by atoms with Crippen LogP contribution >= 0.6 is 11.3 Å². The molecular formula is C65H84N12O16S. The Kier molecular flexibility index (Phi) is 23.7. The number of anilines is 1. The van der Waals surface area contributed by atoms with Gasteiger partial charge in [0.05, 0.1) is 42.7 Å². The van der Waals surface area contributed by atoms with Crippen LogP contribution in [0.2, 0.25) is 0 Å². The van der Waals surface area contributed by atoms with E-state index in [4.69, 9.17) is 20.9 Å². The van der Waals surface area contributed by atoms with Crippen LogP contribution in [0.4, 0.5) is 5.69 Å². The van der Waals surface area contributed by atoms with E-state index in [9.17, 15) is 69.3 Å². The molecule has 1 aromatic heterocycles. The molecule has 0 radical (unpaired) electrons. The van der Waals surface area contributed by atoms with Crippen LogP contribution in [0.15, 0.2) is 97.1 Å². The number of aromatic nitrogens is 2. The van der Waals surface area contributed by atoms with E-state index in [1.54, 1.807) is 19.2 Å². The Morgan fingerprint density at radius 1 is 0.734 bits per heavy atom. The number of nitrogens with one attached hydrogen (secondary N) is 5. The van der Waals surface area contributed by atoms with Gasteiger partial charge in [0.15, 0.2) is 11.5 Å². The van der Waals surface area contributed by atoms with Crippen molar-refractivity contribution in [2.45, 2.75) is 131 Å². The highest BCUT2D eigenvalue weighted by molar-refractivity contribution is 7.17. The fourth-order valence-corrected chi connectivity index (χ4v) is 13.4. The van der Waals surface area contributed by atoms with Crippen LogP contribution in [0.3, 0.4) is 0 Å². The number of rotatable bonds is 18. The number of β-amino-alcohol motifs (C(OH)–C–C–N with tert-alkyl or cyclic N) is 1. The summed E-state index contributed by atoms with van der Waals surface area (Å²) in [5.41, 5.74) is 15.4. The summed E-state index contributed by atoms with van der Waals surface area (Å²) in [6, 6.07) is 17.6. The maximum absolute atomic E-state index is 14.7. The summed E-state index contributed by atoms with van der Waals surface area (Å²) in [6.45, 7) is 2.82. The van der Waals surface area contributed by atoms with Crippen LogP contribution in [0, 0.1) is 11.8 Å². The summed E-state index contributed by atoms with van der Waals surface area (Å²) in [4.78, 5) is 106. The standard InChI is InChI=1S/C65H84N12O16S/c1-34-32-77-54(55(34)84)61(89)68-31-43(79)29-45(69-57(85)39-10-12-40(13-11-39)62-73-74-63(94-62)41-14-16-42(17-15-41)75-24-20-38(21-25-75)56(92-3)37-7-5-4-6-8-37)58(86)70-51(35(2)78)64(90)76-33-44(80)30-46(76)59(87)71-52(60(88)72-53(65(77)91)48(82)19-22-66)49(83)27-36-9-18-47(81)50(28-36)93-26-23-67/h4-18,28,34-35,38,43-46,48-49,51-56,78-84H,19-27,29-33,66-67H2,1-3H3,(H,68,89)(H,69,85)(H,70,86)(H,71,87)(H,72,88)/t34-,35+,43+,44+,45-,46-,48+,49+,51-,52-,53-,54-,55-,56?/m0/s1. The number of carbonyl (C=O) groups excluding carboxylic acids is 7. The Balaban J connectivity index is 0.946. The lowest BCUT2D eigenvalue weighted by Gasteiger charge is -2.37. The Morgan fingerprint density at radius 3 is 2.01 bits per heavy atom. The number of carbonyl (C=O) groups is 7. The van der Waals surface area contributed by atoms with Gasteiger partial charge in [-0.25, -0.2) is 0 Å². The average molecular weight is 1320 g/mol. The number of aromatic hydroxyl groups is 1. The highest BCUT2D eigenvalue weighted by Gasteiger charge is 2.50. The molecular weight excluding hydrogens is 1240 g/mol. The summed E-state index contributed by atoms with van der Waals surface area (Å²) in [5, 5.41) is 102. The number of fused-ring (bicyclic) bond motifs is 2. The maximum atomic E-state index is 14.7. The van der Waals surface area contributed by atoms with Crippen LogP contribution < -0.4 is 47.7 Å². The molecule has 1 unspecified atom stereocenters. The quantitative estimate of drug-likeness (QED) is 0.0491. The first-order valence-electron chi connectivity index (χ1n) is 31.5. The van der Waals surface area contributed by atoms with Gasteiger partial charge in [0.25, 0.3) is 5.91 Å². The number of hydrogen-bond acceptors (Lipinski definition) is 22. The van der Waals surface area contributed by atoms with Crippen molar-refractivity contribution < 1.29 is 78.8 Å². The van der Waals surface area contributed by atoms with Crippen LogP contribution in [-0.4, -0.2) is 229 Å². The summed E-state index contributed by atoms with van der Waals surface area (Å²) < 4.78 is 11.5. The van der Waals surface area contributed by atoms with Gasteiger partial charge in [-0.05, 0) is 98.3 Å². The number of phenols is 1. The van der Waals surface area contributed by atoms with Crippen molar-refractivity contribution in [3.05, 3.63) is 114 Å². The van der Waals surface area contributed by atoms with E-state index in [0.29, 0.717) is 21.5 Å². The molecule has 14 atom stereocenters. The zero-order valence-electron chi connectivity index (χ0n) is 52.4. The van der Waals surface area contributed by atoms with Crippen LogP contribution in [-0.2, 0) is 39.9 Å². The molecule has 4 aliphatic heterocycles. The fourth-order valence-electron chi connectivity index (χ4n) is 12.6. The van der Waals surface area contributed by atoms with E-state index in [2.05, 4.69) is 65.9 Å². The highest BCUT2D eigenvalue weighted by Crippen LogP contribution is 2.37. The second kappa shape index (κ2) is 31.8. The smallest absolute Gasteiger partial charge is 0.251 e. The number of ether oxygens (including phenoxy) is 2. The molecule has 0 bridgehead atoms. The number of aliphatic hydroxyl groups excluding tert-OH is 6. The Morgan fingerprint density at radius 2 is 1.37 bits per heavy atom. The summed E-state index contributed by atoms with van der Waals surface area (Å²) >= 11 is 1.33. The van der Waals surface area contributed by atoms with Gasteiger partial charge >= 0.3 is 0 Å². The minimum absolute atomic E-state index is 0.00606. The largest absolute Gasteiger partial charge is 0.504 e. The number of methoxy groups -OCH3 is 1. The minimum atomic E-state index is -2.04. The van der Waals surface area contributed by atoms with E-state index in [1.807, 2.05) is 30.3 Å². The zero-order chi connectivity index (χ0) is 67.5. The van der Waals surface area contributed by atoms with Gasteiger partial charge in [-0.2, -0.15) is 0 Å². The molecule has 28 nitrogen and oxygen atoms in total. The van der Waals surface area contributed by atoms with E-state index in [0.717, 1.165) is 53.9 Å². The molecule has 29 heteroatoms. The zero-order valence-corrected chi connectivity index (χ0v) is 53.2. The molecule has 94 heavy (non-hydrogen) atoms. The van der Waals surface area contributed by atoms with E-state index in [1.165, 1.54) is 54.2 Å². The number of nitrogens with two attached hydrogens (primary N) is 2. The molecule has 7 amide bonds. The summed E-state index contributed by atoms with van der Waals surface area (Å²) in [5.74, 6) is -8.26. The minimum Gasteiger partial charge on any atom is -0.504 e. The predicted molar refractivity (Wildman–Crippen MR) is 343 cm³/mol. The van der Waals surface area contributed by atoms with Crippen LogP contribution in [0.25, 0.3) is 21.1 Å². The van der Waals surface area contributed by atoms with E-state index in [-0.39, 0.29) is 61.4 Å². The van der Waals surface area contributed by atoms with Crippen molar-refractivity contribution in [3.63, 3.8) is 0 Å². The summed E-state index contributed by atoms with van der Waals surface area (Å²) in [6.07, 6.45) is -9.89. The first kappa shape index (κ1) is 70.1. The molecule has 5 aromatic rings. The van der Waals surface area contributed by atoms with Gasteiger partial charge in [-0.15, -0.1) is 10.2 Å². The van der Waals surface area contributed by atoms with Crippen molar-refractivity contribution in [3.8, 4) is 32.6 Å². The van der Waals surface area contributed by atoms with Gasteiger partial charge in [-0.3, -0.25) is 33.6 Å². The van der Waals surface area contributed by atoms with Crippen molar-refractivity contribution in [1.82, 2.24) is 46.6 Å². The Hall–Kier alpha value is -8.23. The van der Waals surface area contributed by atoms with Crippen LogP contribution in [0.5, 0.6) is 11.5 Å². The number of aliphatic hydroxyl groups is 6. The molecule has 0 saturated carbocycles. The van der Waals surface area contributed by atoms with Crippen molar-refractivity contribution in [1.29, 1.82) is 0 Å². The first-order chi connectivity index (χ1) is 45.1. The monoisotopic (exact) mass is 1320 g/mol. The molecule has 506 valence electrons. The molecule has 5 heterocycles. The Labute approximate surface area is 547 Å². The Bertz CT molecular complexity index is 3430. The second-order valence-corrected chi connectivity index (χ2v) is 25.4. The SMILES string of the molecule is COC(c1ccccc1)C1CCN(c2ccc(-c3nnc(-c4ccc(C(=O)N[C@H]5C[C@@H](O)CNC(=O)[C@@H]6[C@@H](O)[C@@H](C)CN6C(=O)[C@H]([C@H](O)CCN)NC(=O)[C@H]([C@H](O)Cc6ccc(O)c(OCCN)c6)NC(=O)[C@@H]6C[C@@H](O)CN6C(=O)[C@H]([C@@H](C)O)NC5=O)cc4)s3)cc2)CC1. The molecule has 0 spiro atoms. The number of hydrogen-bond donors (Lipinski definition) is 14. The third kappa shape index (κ3) is 16.6. The number of amides is 7. The number of phenolic OH excluding ortho intramolecular Hbond substituents is 1. The predicted octanol–water partition coefficient (Wildman–Crippen LogP) is -1.18. The molecule has 4 saturated heterocycles. The first-order valence-corrected chi connectivity index (χ1v) is 32.3. The van der Waals surface area contributed by atoms with Gasteiger partial charge < -0.3 is 98.0 Å². The lowest BCUT2D eigenvalue weighted by Crippen LogP contribution is -2.64. The van der Waals surface area contributed by atoms with Gasteiger partial charge in [0.1, 0.15) is 52.9 Å². The molecule has 9 rings (SSSR count). The second-order valence-electron chi connectivity index (χ2n) is 24.4. The highest BCUT2D eigenvalue weighted by atomic mass is 32.1. The van der Waals surface area contributed by atoms with E-state index >= 15 is 0 Å². The van der Waals surface area contributed by atoms with Crippen molar-refractivity contribution >= 4 is 58.4 Å². The lowest BCUT2D eigenvalue weighted by atomic mass is 9.87. The van der Waals surface area contributed by atoms with Gasteiger partial charge in [0, 0.05) is 93.9 Å². The average Bonchev–Trinajstić information content (AvgIpc) is 1.61. The maximum Gasteiger partial charge on any atom is 0.251 e. The molecule has 0 aliphatic carbocycles. The van der Waals surface area contributed by atoms with Gasteiger partial charge in [-0.1, -0.05) is 66.8 Å². The van der Waals surface area contributed by atoms with Crippen molar-refractivity contribution in [2.24, 2.45) is 23.3 Å². The normalized spacial score (nSPS) is 26.0. The van der Waals surface area contributed by atoms with Crippen molar-refractivity contribution in [2.75, 3.05) is 64.4 Å². The third-order valence-electron chi connectivity index (χ3n) is 17.7. The number of nitrogens with zero attached hydrogens (tertiary/aromatic N) is 5. The molecule has 16 N–H and O–H groups in total. The lowest BCUT2D eigenvalue weighted by molar-refractivity contribution is -0.147.